The van der Waals surface area contributed by atoms with Gasteiger partial charge in [-0.05, 0) is 44.5 Å². The van der Waals surface area contributed by atoms with Crippen LogP contribution in [0.2, 0.25) is 0 Å². The molecule has 1 amide bonds. The third kappa shape index (κ3) is 3.91. The van der Waals surface area contributed by atoms with Crippen molar-refractivity contribution in [1.82, 2.24) is 15.3 Å². The molecule has 0 aromatic carbocycles. The van der Waals surface area contributed by atoms with E-state index in [2.05, 4.69) is 20.7 Å². The Morgan fingerprint density at radius 1 is 1.50 bits per heavy atom. The molecule has 2 atom stereocenters. The maximum absolute atomic E-state index is 11.9. The molecule has 1 aliphatic rings. The quantitative estimate of drug-likeness (QED) is 0.663. The van der Waals surface area contributed by atoms with Gasteiger partial charge in [0.05, 0.1) is 6.54 Å². The van der Waals surface area contributed by atoms with Gasteiger partial charge in [0, 0.05) is 12.2 Å². The molecule has 0 spiro atoms. The molecule has 2 unspecified atom stereocenters. The number of carbonyl (C=O) groups excluding carboxylic acids is 1. The molecule has 1 aliphatic carbocycles. The number of nitrogens with zero attached hydrogens (tertiary/aromatic N) is 2. The van der Waals surface area contributed by atoms with Crippen molar-refractivity contribution in [2.45, 2.75) is 25.3 Å². The highest BCUT2D eigenvalue weighted by Gasteiger charge is 2.29. The van der Waals surface area contributed by atoms with Gasteiger partial charge in [-0.25, -0.2) is 4.98 Å². The third-order valence-corrected chi connectivity index (χ3v) is 3.88. The van der Waals surface area contributed by atoms with Gasteiger partial charge >= 0.3 is 0 Å². The predicted molar refractivity (Wildman–Crippen MR) is 78.8 cm³/mol. The lowest BCUT2D eigenvalue weighted by molar-refractivity contribution is -0.122. The number of hydrazine groups is 1. The Labute approximate surface area is 119 Å². The van der Waals surface area contributed by atoms with Crippen LogP contribution in [0.4, 0.5) is 5.82 Å². The zero-order valence-electron chi connectivity index (χ0n) is 11.9. The molecule has 0 aliphatic heterocycles. The molecule has 6 heteroatoms. The highest BCUT2D eigenvalue weighted by atomic mass is 16.2. The van der Waals surface area contributed by atoms with Gasteiger partial charge in [-0.2, -0.15) is 0 Å². The number of nitrogens with one attached hydrogen (secondary N) is 2. The van der Waals surface area contributed by atoms with Crippen LogP contribution in [0.15, 0.2) is 24.4 Å². The van der Waals surface area contributed by atoms with Gasteiger partial charge in [-0.15, -0.1) is 0 Å². The molecule has 0 radical (unpaired) electrons. The Morgan fingerprint density at radius 3 is 3.05 bits per heavy atom. The summed E-state index contributed by atoms with van der Waals surface area (Å²) in [5.41, 5.74) is 11.2. The van der Waals surface area contributed by atoms with Crippen molar-refractivity contribution in [2.24, 2.45) is 11.7 Å². The summed E-state index contributed by atoms with van der Waals surface area (Å²) < 4.78 is 0. The standard InChI is InChI=1S/C14H23N5O/c1-19(12-6-4-5-11(12)9-15)10-14(20)18-17-13-7-2-3-8-16-13/h2-3,7-8,11-12H,4-6,9-10,15H2,1H3,(H,16,17)(H,18,20). The number of pyridine rings is 1. The highest BCUT2D eigenvalue weighted by Crippen LogP contribution is 2.28. The van der Waals surface area contributed by atoms with Crippen LogP contribution in [-0.4, -0.2) is 42.0 Å². The first-order valence-electron chi connectivity index (χ1n) is 7.07. The molecular formula is C14H23N5O. The summed E-state index contributed by atoms with van der Waals surface area (Å²) in [5, 5.41) is 0. The van der Waals surface area contributed by atoms with E-state index < -0.39 is 0 Å². The van der Waals surface area contributed by atoms with E-state index in [9.17, 15) is 4.79 Å². The summed E-state index contributed by atoms with van der Waals surface area (Å²) in [7, 11) is 1.99. The average molecular weight is 277 g/mol. The first-order valence-corrected chi connectivity index (χ1v) is 7.07. The van der Waals surface area contributed by atoms with E-state index in [0.29, 0.717) is 30.9 Å². The fourth-order valence-corrected chi connectivity index (χ4v) is 2.83. The van der Waals surface area contributed by atoms with E-state index in [-0.39, 0.29) is 5.91 Å². The van der Waals surface area contributed by atoms with Crippen LogP contribution in [0.5, 0.6) is 0 Å². The Hall–Kier alpha value is -1.66. The molecule has 110 valence electrons. The van der Waals surface area contributed by atoms with E-state index in [1.54, 1.807) is 12.3 Å². The van der Waals surface area contributed by atoms with E-state index in [1.807, 2.05) is 19.2 Å². The molecule has 2 rings (SSSR count). The van der Waals surface area contributed by atoms with Gasteiger partial charge in [0.1, 0.15) is 5.82 Å². The topological polar surface area (TPSA) is 83.3 Å². The fourth-order valence-electron chi connectivity index (χ4n) is 2.83. The Morgan fingerprint density at radius 2 is 2.35 bits per heavy atom. The number of anilines is 1. The van der Waals surface area contributed by atoms with Crippen LogP contribution < -0.4 is 16.6 Å². The summed E-state index contributed by atoms with van der Waals surface area (Å²) in [6.07, 6.45) is 5.16. The number of rotatable bonds is 6. The van der Waals surface area contributed by atoms with Crippen LogP contribution in [0.3, 0.4) is 0 Å². The molecule has 20 heavy (non-hydrogen) atoms. The average Bonchev–Trinajstić information content (AvgIpc) is 2.95. The summed E-state index contributed by atoms with van der Waals surface area (Å²) in [6, 6.07) is 5.90. The number of likely N-dealkylation sites (N-methyl/N-ethyl adjacent to an activating group) is 1. The Balaban J connectivity index is 1.76. The first kappa shape index (κ1) is 14.7. The second-order valence-electron chi connectivity index (χ2n) is 5.30. The second kappa shape index (κ2) is 7.21. The van der Waals surface area contributed by atoms with E-state index in [4.69, 9.17) is 5.73 Å². The smallest absolute Gasteiger partial charge is 0.252 e. The predicted octanol–water partition coefficient (Wildman–Crippen LogP) is 0.584. The van der Waals surface area contributed by atoms with Crippen molar-refractivity contribution in [3.05, 3.63) is 24.4 Å². The molecular weight excluding hydrogens is 254 g/mol. The normalized spacial score (nSPS) is 21.9. The first-order chi connectivity index (χ1) is 9.70. The lowest BCUT2D eigenvalue weighted by Gasteiger charge is -2.28. The van der Waals surface area contributed by atoms with Crippen LogP contribution >= 0.6 is 0 Å². The highest BCUT2D eigenvalue weighted by molar-refractivity contribution is 5.79. The summed E-state index contributed by atoms with van der Waals surface area (Å²) in [4.78, 5) is 18.1. The summed E-state index contributed by atoms with van der Waals surface area (Å²) >= 11 is 0. The SMILES string of the molecule is CN(CC(=O)NNc1ccccn1)C1CCCC1CN. The number of hydrogen-bond acceptors (Lipinski definition) is 5. The number of carbonyl (C=O) groups is 1. The van der Waals surface area contributed by atoms with Gasteiger partial charge in [0.25, 0.3) is 5.91 Å². The number of nitrogens with two attached hydrogens (primary N) is 1. The number of hydrogen-bond donors (Lipinski definition) is 3. The van der Waals surface area contributed by atoms with Crippen LogP contribution in [-0.2, 0) is 4.79 Å². The molecule has 0 saturated heterocycles. The van der Waals surface area contributed by atoms with Crippen molar-refractivity contribution in [2.75, 3.05) is 25.6 Å². The van der Waals surface area contributed by atoms with Crippen LogP contribution in [0.25, 0.3) is 0 Å². The van der Waals surface area contributed by atoms with Crippen molar-refractivity contribution in [3.8, 4) is 0 Å². The third-order valence-electron chi connectivity index (χ3n) is 3.88. The molecule has 1 aromatic heterocycles. The second-order valence-corrected chi connectivity index (χ2v) is 5.30. The molecule has 4 N–H and O–H groups in total. The van der Waals surface area contributed by atoms with E-state index >= 15 is 0 Å². The van der Waals surface area contributed by atoms with Gasteiger partial charge in [0.2, 0.25) is 0 Å². The number of aromatic nitrogens is 1. The lowest BCUT2D eigenvalue weighted by Crippen LogP contribution is -2.44. The van der Waals surface area contributed by atoms with Crippen molar-refractivity contribution < 1.29 is 4.79 Å². The summed E-state index contributed by atoms with van der Waals surface area (Å²) in [5.74, 6) is 1.07. The van der Waals surface area contributed by atoms with E-state index in [1.165, 1.54) is 12.8 Å². The fraction of sp³-hybridized carbons (Fsp3) is 0.571. The molecule has 1 aromatic rings. The summed E-state index contributed by atoms with van der Waals surface area (Å²) in [6.45, 7) is 1.06. The molecule has 0 bridgehead atoms. The van der Waals surface area contributed by atoms with Crippen molar-refractivity contribution in [1.29, 1.82) is 0 Å². The molecule has 1 heterocycles. The number of amides is 1. The van der Waals surface area contributed by atoms with Gasteiger partial charge in [-0.3, -0.25) is 20.5 Å². The minimum absolute atomic E-state index is 0.0687. The maximum atomic E-state index is 11.9. The van der Waals surface area contributed by atoms with Gasteiger partial charge in [-0.1, -0.05) is 12.5 Å². The Bertz CT molecular complexity index is 425. The zero-order valence-corrected chi connectivity index (χ0v) is 11.9. The largest absolute Gasteiger partial charge is 0.330 e. The minimum atomic E-state index is -0.0687. The van der Waals surface area contributed by atoms with Gasteiger partial charge in [0.15, 0.2) is 0 Å². The van der Waals surface area contributed by atoms with Crippen LogP contribution in [0, 0.1) is 5.92 Å². The monoisotopic (exact) mass is 277 g/mol. The van der Waals surface area contributed by atoms with Crippen molar-refractivity contribution >= 4 is 11.7 Å². The maximum Gasteiger partial charge on any atom is 0.252 e. The molecule has 6 nitrogen and oxygen atoms in total. The molecule has 1 fully saturated rings. The zero-order chi connectivity index (χ0) is 14.4. The van der Waals surface area contributed by atoms with E-state index in [0.717, 1.165) is 6.42 Å². The van der Waals surface area contributed by atoms with Crippen molar-refractivity contribution in [3.63, 3.8) is 0 Å². The van der Waals surface area contributed by atoms with Gasteiger partial charge < -0.3 is 5.73 Å². The Kier molecular flexibility index (Phi) is 5.31. The van der Waals surface area contributed by atoms with Crippen LogP contribution in [0.1, 0.15) is 19.3 Å². The molecule has 1 saturated carbocycles. The minimum Gasteiger partial charge on any atom is -0.330 e. The lowest BCUT2D eigenvalue weighted by atomic mass is 10.0.